The molecule has 1 rings (SSSR count). The Kier molecular flexibility index (Phi) is 5.04. The Balaban J connectivity index is 2.46. The van der Waals surface area contributed by atoms with Gasteiger partial charge in [-0.15, -0.1) is 0 Å². The van der Waals surface area contributed by atoms with Gasteiger partial charge in [-0.25, -0.2) is 4.98 Å². The first kappa shape index (κ1) is 12.4. The molecule has 0 radical (unpaired) electrons. The SMILES string of the molecule is CC(CCO)SCc1nccn1C(F)F. The van der Waals surface area contributed by atoms with Gasteiger partial charge in [0.05, 0.1) is 5.75 Å². The molecule has 0 bridgehead atoms. The molecule has 86 valence electrons. The Morgan fingerprint density at radius 2 is 2.33 bits per heavy atom. The van der Waals surface area contributed by atoms with Crippen LogP contribution in [0.4, 0.5) is 8.78 Å². The van der Waals surface area contributed by atoms with Crippen LogP contribution in [0.1, 0.15) is 25.7 Å². The van der Waals surface area contributed by atoms with E-state index >= 15 is 0 Å². The van der Waals surface area contributed by atoms with Gasteiger partial charge in [-0.3, -0.25) is 4.57 Å². The van der Waals surface area contributed by atoms with Gasteiger partial charge in [0, 0.05) is 24.3 Å². The second-order valence-corrected chi connectivity index (χ2v) is 4.59. The predicted molar refractivity (Wildman–Crippen MR) is 55.9 cm³/mol. The lowest BCUT2D eigenvalue weighted by Gasteiger charge is -2.10. The van der Waals surface area contributed by atoms with Crippen molar-refractivity contribution in [2.75, 3.05) is 6.61 Å². The molecule has 0 saturated heterocycles. The Bertz CT molecular complexity index is 293. The first-order valence-corrected chi connectivity index (χ1v) is 5.72. The highest BCUT2D eigenvalue weighted by Gasteiger charge is 2.12. The lowest BCUT2D eigenvalue weighted by atomic mass is 10.3. The van der Waals surface area contributed by atoms with E-state index in [4.69, 9.17) is 5.11 Å². The summed E-state index contributed by atoms with van der Waals surface area (Å²) < 4.78 is 25.7. The van der Waals surface area contributed by atoms with Crippen molar-refractivity contribution in [2.45, 2.75) is 30.9 Å². The number of hydrogen-bond acceptors (Lipinski definition) is 3. The maximum atomic E-state index is 12.4. The Morgan fingerprint density at radius 3 is 2.93 bits per heavy atom. The molecule has 0 spiro atoms. The minimum atomic E-state index is -2.53. The first-order valence-electron chi connectivity index (χ1n) is 4.67. The molecule has 0 aliphatic heterocycles. The van der Waals surface area contributed by atoms with Crippen LogP contribution in [0.3, 0.4) is 0 Å². The molecule has 1 atom stereocenters. The van der Waals surface area contributed by atoms with E-state index in [0.29, 0.717) is 18.0 Å². The van der Waals surface area contributed by atoms with Crippen molar-refractivity contribution in [3.8, 4) is 0 Å². The fourth-order valence-corrected chi connectivity index (χ4v) is 2.04. The molecule has 1 heterocycles. The summed E-state index contributed by atoms with van der Waals surface area (Å²) >= 11 is 1.51. The number of imidazole rings is 1. The molecular weight excluding hydrogens is 222 g/mol. The molecule has 1 aromatic rings. The highest BCUT2D eigenvalue weighted by molar-refractivity contribution is 7.99. The van der Waals surface area contributed by atoms with Gasteiger partial charge in [0.1, 0.15) is 5.82 Å². The molecule has 6 heteroatoms. The number of hydrogen-bond donors (Lipinski definition) is 1. The van der Waals surface area contributed by atoms with Crippen LogP contribution in [0.15, 0.2) is 12.4 Å². The van der Waals surface area contributed by atoms with Crippen LogP contribution < -0.4 is 0 Å². The van der Waals surface area contributed by atoms with Crippen molar-refractivity contribution in [3.63, 3.8) is 0 Å². The zero-order valence-corrected chi connectivity index (χ0v) is 9.25. The summed E-state index contributed by atoms with van der Waals surface area (Å²) in [7, 11) is 0. The zero-order chi connectivity index (χ0) is 11.3. The molecule has 0 aliphatic rings. The van der Waals surface area contributed by atoms with E-state index in [-0.39, 0.29) is 11.9 Å². The van der Waals surface area contributed by atoms with Crippen molar-refractivity contribution in [1.82, 2.24) is 9.55 Å². The van der Waals surface area contributed by atoms with E-state index in [2.05, 4.69) is 4.98 Å². The van der Waals surface area contributed by atoms with Crippen LogP contribution in [0.25, 0.3) is 0 Å². The number of nitrogens with zero attached hydrogens (tertiary/aromatic N) is 2. The maximum absolute atomic E-state index is 12.4. The third kappa shape index (κ3) is 3.79. The van der Waals surface area contributed by atoms with Crippen LogP contribution in [0, 0.1) is 0 Å². The van der Waals surface area contributed by atoms with Crippen LogP contribution in [-0.2, 0) is 5.75 Å². The number of aromatic nitrogens is 2. The van der Waals surface area contributed by atoms with Crippen molar-refractivity contribution < 1.29 is 13.9 Å². The maximum Gasteiger partial charge on any atom is 0.319 e. The number of aliphatic hydroxyl groups is 1. The van der Waals surface area contributed by atoms with E-state index in [0.717, 1.165) is 4.57 Å². The molecule has 0 saturated carbocycles. The summed E-state index contributed by atoms with van der Waals surface area (Å²) in [6.45, 7) is -0.454. The van der Waals surface area contributed by atoms with Gasteiger partial charge in [-0.2, -0.15) is 20.5 Å². The highest BCUT2D eigenvalue weighted by atomic mass is 32.2. The normalized spacial score (nSPS) is 13.4. The van der Waals surface area contributed by atoms with Crippen LogP contribution in [0.5, 0.6) is 0 Å². The molecule has 15 heavy (non-hydrogen) atoms. The minimum Gasteiger partial charge on any atom is -0.396 e. The van der Waals surface area contributed by atoms with Crippen LogP contribution in [-0.4, -0.2) is 26.5 Å². The average Bonchev–Trinajstić information content (AvgIpc) is 2.63. The monoisotopic (exact) mass is 236 g/mol. The first-order chi connectivity index (χ1) is 7.15. The Morgan fingerprint density at radius 1 is 1.60 bits per heavy atom. The smallest absolute Gasteiger partial charge is 0.319 e. The topological polar surface area (TPSA) is 38.1 Å². The fourth-order valence-electron chi connectivity index (χ4n) is 1.12. The predicted octanol–water partition coefficient (Wildman–Crippen LogP) is 2.28. The second-order valence-electron chi connectivity index (χ2n) is 3.16. The lowest BCUT2D eigenvalue weighted by molar-refractivity contribution is 0.0678. The second kappa shape index (κ2) is 6.07. The Hall–Kier alpha value is -0.620. The molecule has 1 N–H and O–H groups in total. The molecule has 0 amide bonds. The van der Waals surface area contributed by atoms with E-state index in [1.807, 2.05) is 6.92 Å². The third-order valence-corrected chi connectivity index (χ3v) is 3.22. The summed E-state index contributed by atoms with van der Waals surface area (Å²) in [6, 6.07) is 0. The van der Waals surface area contributed by atoms with Crippen LogP contribution >= 0.6 is 11.8 Å². The summed E-state index contributed by atoms with van der Waals surface area (Å²) in [6.07, 6.45) is 3.32. The van der Waals surface area contributed by atoms with Gasteiger partial charge in [0.2, 0.25) is 0 Å². The van der Waals surface area contributed by atoms with Crippen molar-refractivity contribution >= 4 is 11.8 Å². The van der Waals surface area contributed by atoms with E-state index in [1.165, 1.54) is 24.2 Å². The largest absolute Gasteiger partial charge is 0.396 e. The summed E-state index contributed by atoms with van der Waals surface area (Å²) in [4.78, 5) is 3.87. The number of thioether (sulfide) groups is 1. The summed E-state index contributed by atoms with van der Waals surface area (Å²) in [5.74, 6) is 0.818. The van der Waals surface area contributed by atoms with Crippen molar-refractivity contribution in [3.05, 3.63) is 18.2 Å². The van der Waals surface area contributed by atoms with E-state index in [9.17, 15) is 8.78 Å². The molecular formula is C9H14F2N2OS. The van der Waals surface area contributed by atoms with Gasteiger partial charge < -0.3 is 5.11 Å². The molecule has 0 fully saturated rings. The van der Waals surface area contributed by atoms with E-state index < -0.39 is 6.55 Å². The molecule has 0 aliphatic carbocycles. The molecule has 1 unspecified atom stereocenters. The zero-order valence-electron chi connectivity index (χ0n) is 8.44. The Labute approximate surface area is 91.5 Å². The van der Waals surface area contributed by atoms with Gasteiger partial charge >= 0.3 is 6.55 Å². The number of halogens is 2. The fraction of sp³-hybridized carbons (Fsp3) is 0.667. The number of aliphatic hydroxyl groups excluding tert-OH is 1. The highest BCUT2D eigenvalue weighted by Crippen LogP contribution is 2.21. The van der Waals surface area contributed by atoms with Gasteiger partial charge in [-0.05, 0) is 6.42 Å². The van der Waals surface area contributed by atoms with Crippen molar-refractivity contribution in [2.24, 2.45) is 0 Å². The number of rotatable bonds is 6. The minimum absolute atomic E-state index is 0.122. The van der Waals surface area contributed by atoms with Gasteiger partial charge in [0.15, 0.2) is 0 Å². The van der Waals surface area contributed by atoms with Gasteiger partial charge in [0.25, 0.3) is 0 Å². The molecule has 3 nitrogen and oxygen atoms in total. The van der Waals surface area contributed by atoms with E-state index in [1.54, 1.807) is 0 Å². The number of alkyl halides is 2. The average molecular weight is 236 g/mol. The molecule has 1 aromatic heterocycles. The summed E-state index contributed by atoms with van der Waals surface area (Å²) in [5, 5.41) is 8.93. The third-order valence-electron chi connectivity index (χ3n) is 1.99. The molecule has 0 aromatic carbocycles. The summed E-state index contributed by atoms with van der Waals surface area (Å²) in [5.41, 5.74) is 0. The van der Waals surface area contributed by atoms with Crippen LogP contribution in [0.2, 0.25) is 0 Å². The standard InChI is InChI=1S/C9H14F2N2OS/c1-7(2-5-14)15-6-8-12-3-4-13(8)9(10)11/h3-4,7,9,14H,2,5-6H2,1H3. The quantitative estimate of drug-likeness (QED) is 0.823. The van der Waals surface area contributed by atoms with Crippen molar-refractivity contribution in [1.29, 1.82) is 0 Å². The lowest BCUT2D eigenvalue weighted by Crippen LogP contribution is -2.05. The van der Waals surface area contributed by atoms with Gasteiger partial charge in [-0.1, -0.05) is 6.92 Å².